The van der Waals surface area contributed by atoms with E-state index in [2.05, 4.69) is 4.98 Å². The fourth-order valence-electron chi connectivity index (χ4n) is 1.47. The van der Waals surface area contributed by atoms with Crippen molar-refractivity contribution in [1.82, 2.24) is 4.98 Å². The Morgan fingerprint density at radius 2 is 2.06 bits per heavy atom. The molecular formula is C12H10N2O2. The number of hydrogen-bond donors (Lipinski definition) is 0. The van der Waals surface area contributed by atoms with Gasteiger partial charge in [0.15, 0.2) is 0 Å². The van der Waals surface area contributed by atoms with Gasteiger partial charge in [0.05, 0.1) is 10.6 Å². The van der Waals surface area contributed by atoms with E-state index in [0.717, 1.165) is 16.8 Å². The van der Waals surface area contributed by atoms with Crippen LogP contribution in [0.5, 0.6) is 0 Å². The van der Waals surface area contributed by atoms with Crippen LogP contribution < -0.4 is 0 Å². The van der Waals surface area contributed by atoms with E-state index in [4.69, 9.17) is 0 Å². The summed E-state index contributed by atoms with van der Waals surface area (Å²) in [4.78, 5) is 14.1. The average molecular weight is 214 g/mol. The molecule has 0 saturated carbocycles. The average Bonchev–Trinajstić information content (AvgIpc) is 2.29. The molecule has 0 atom stereocenters. The van der Waals surface area contributed by atoms with E-state index in [9.17, 15) is 10.1 Å². The van der Waals surface area contributed by atoms with Gasteiger partial charge in [-0.05, 0) is 19.1 Å². The van der Waals surface area contributed by atoms with Gasteiger partial charge in [-0.15, -0.1) is 0 Å². The minimum absolute atomic E-state index is 0.0106. The Morgan fingerprint density at radius 1 is 1.25 bits per heavy atom. The van der Waals surface area contributed by atoms with Gasteiger partial charge < -0.3 is 0 Å². The van der Waals surface area contributed by atoms with Crippen LogP contribution in [-0.2, 0) is 0 Å². The van der Waals surface area contributed by atoms with Crippen LogP contribution in [0.1, 0.15) is 5.56 Å². The molecule has 0 radical (unpaired) electrons. The molecule has 0 aliphatic heterocycles. The number of hydrogen-bond acceptors (Lipinski definition) is 3. The van der Waals surface area contributed by atoms with Crippen molar-refractivity contribution in [2.45, 2.75) is 6.92 Å². The summed E-state index contributed by atoms with van der Waals surface area (Å²) in [5.74, 6) is 0. The molecule has 0 aliphatic carbocycles. The summed E-state index contributed by atoms with van der Waals surface area (Å²) in [7, 11) is 0. The van der Waals surface area contributed by atoms with E-state index >= 15 is 0 Å². The topological polar surface area (TPSA) is 56.0 Å². The summed E-state index contributed by atoms with van der Waals surface area (Å²) in [5, 5.41) is 10.5. The van der Waals surface area contributed by atoms with E-state index in [1.54, 1.807) is 6.07 Å². The van der Waals surface area contributed by atoms with E-state index in [1.165, 1.54) is 12.3 Å². The van der Waals surface area contributed by atoms with Crippen LogP contribution >= 0.6 is 0 Å². The zero-order valence-corrected chi connectivity index (χ0v) is 8.75. The van der Waals surface area contributed by atoms with Crippen molar-refractivity contribution in [3.05, 3.63) is 58.3 Å². The zero-order chi connectivity index (χ0) is 11.5. The Labute approximate surface area is 92.7 Å². The Hall–Kier alpha value is -2.23. The summed E-state index contributed by atoms with van der Waals surface area (Å²) in [6.07, 6.45) is 1.28. The largest absolute Gasteiger partial charge is 0.287 e. The summed E-state index contributed by atoms with van der Waals surface area (Å²) >= 11 is 0. The molecule has 0 spiro atoms. The number of benzene rings is 1. The van der Waals surface area contributed by atoms with Crippen molar-refractivity contribution in [2.75, 3.05) is 0 Å². The van der Waals surface area contributed by atoms with Crippen molar-refractivity contribution in [3.8, 4) is 11.3 Å². The summed E-state index contributed by atoms with van der Waals surface area (Å²) in [5.41, 5.74) is 2.86. The number of rotatable bonds is 2. The van der Waals surface area contributed by atoms with Crippen LogP contribution in [0, 0.1) is 17.0 Å². The first-order chi connectivity index (χ1) is 7.66. The summed E-state index contributed by atoms with van der Waals surface area (Å²) in [6, 6.07) is 11.0. The minimum Gasteiger partial charge on any atom is -0.258 e. The number of aromatic nitrogens is 1. The van der Waals surface area contributed by atoms with Gasteiger partial charge in [0, 0.05) is 11.6 Å². The Morgan fingerprint density at radius 3 is 2.62 bits per heavy atom. The van der Waals surface area contributed by atoms with Crippen LogP contribution in [-0.4, -0.2) is 9.91 Å². The van der Waals surface area contributed by atoms with Crippen molar-refractivity contribution < 1.29 is 4.92 Å². The molecule has 80 valence electrons. The van der Waals surface area contributed by atoms with Crippen molar-refractivity contribution in [3.63, 3.8) is 0 Å². The molecule has 0 N–H and O–H groups in total. The molecule has 0 fully saturated rings. The molecule has 4 nitrogen and oxygen atoms in total. The lowest BCUT2D eigenvalue weighted by Crippen LogP contribution is -1.90. The second-order valence-electron chi connectivity index (χ2n) is 3.53. The molecule has 0 unspecified atom stereocenters. The summed E-state index contributed by atoms with van der Waals surface area (Å²) in [6.45, 7) is 1.99. The predicted octanol–water partition coefficient (Wildman–Crippen LogP) is 2.97. The highest BCUT2D eigenvalue weighted by Crippen LogP contribution is 2.20. The van der Waals surface area contributed by atoms with Gasteiger partial charge in [-0.1, -0.05) is 23.8 Å². The summed E-state index contributed by atoms with van der Waals surface area (Å²) < 4.78 is 0. The molecule has 0 amide bonds. The quantitative estimate of drug-likeness (QED) is 0.570. The fourth-order valence-corrected chi connectivity index (χ4v) is 1.47. The standard InChI is InChI=1S/C12H10N2O2/c1-9-3-2-4-10(7-9)12-6-5-11(8-13-12)14(15)16/h2-8H,1H3. The third-order valence-electron chi connectivity index (χ3n) is 2.27. The van der Waals surface area contributed by atoms with Crippen LogP contribution in [0.15, 0.2) is 42.6 Å². The highest BCUT2D eigenvalue weighted by molar-refractivity contribution is 5.60. The van der Waals surface area contributed by atoms with Crippen LogP contribution in [0.25, 0.3) is 11.3 Å². The third kappa shape index (κ3) is 2.06. The first kappa shape index (κ1) is 10.3. The number of nitro groups is 1. The van der Waals surface area contributed by atoms with Gasteiger partial charge in [-0.2, -0.15) is 0 Å². The monoisotopic (exact) mass is 214 g/mol. The van der Waals surface area contributed by atoms with Crippen LogP contribution in [0.3, 0.4) is 0 Å². The zero-order valence-electron chi connectivity index (χ0n) is 8.75. The van der Waals surface area contributed by atoms with Crippen LogP contribution in [0.2, 0.25) is 0 Å². The lowest BCUT2D eigenvalue weighted by atomic mass is 10.1. The number of nitrogens with zero attached hydrogens (tertiary/aromatic N) is 2. The highest BCUT2D eigenvalue weighted by Gasteiger charge is 2.06. The van der Waals surface area contributed by atoms with Gasteiger partial charge >= 0.3 is 0 Å². The molecule has 2 rings (SSSR count). The van der Waals surface area contributed by atoms with E-state index < -0.39 is 4.92 Å². The SMILES string of the molecule is Cc1cccc(-c2ccc([N+](=O)[O-])cn2)c1. The molecule has 0 saturated heterocycles. The van der Waals surface area contributed by atoms with Crippen molar-refractivity contribution >= 4 is 5.69 Å². The van der Waals surface area contributed by atoms with Crippen molar-refractivity contribution in [1.29, 1.82) is 0 Å². The molecule has 1 aromatic carbocycles. The number of aryl methyl sites for hydroxylation is 1. The molecule has 16 heavy (non-hydrogen) atoms. The van der Waals surface area contributed by atoms with E-state index in [0.29, 0.717) is 0 Å². The van der Waals surface area contributed by atoms with Crippen molar-refractivity contribution in [2.24, 2.45) is 0 Å². The molecule has 1 heterocycles. The van der Waals surface area contributed by atoms with Crippen LogP contribution in [0.4, 0.5) is 5.69 Å². The Bertz CT molecular complexity index is 521. The van der Waals surface area contributed by atoms with Gasteiger partial charge in [-0.25, -0.2) is 4.98 Å². The van der Waals surface area contributed by atoms with Gasteiger partial charge in [0.25, 0.3) is 5.69 Å². The predicted molar refractivity (Wildman–Crippen MR) is 61.1 cm³/mol. The van der Waals surface area contributed by atoms with Gasteiger partial charge in [0.2, 0.25) is 0 Å². The van der Waals surface area contributed by atoms with E-state index in [1.807, 2.05) is 31.2 Å². The minimum atomic E-state index is -0.451. The molecule has 0 bridgehead atoms. The second kappa shape index (κ2) is 4.10. The first-order valence-electron chi connectivity index (χ1n) is 4.84. The lowest BCUT2D eigenvalue weighted by Gasteiger charge is -2.01. The van der Waals surface area contributed by atoms with Gasteiger partial charge in [0.1, 0.15) is 6.20 Å². The molecule has 1 aromatic heterocycles. The number of pyridine rings is 1. The smallest absolute Gasteiger partial charge is 0.258 e. The lowest BCUT2D eigenvalue weighted by molar-refractivity contribution is -0.385. The maximum Gasteiger partial charge on any atom is 0.287 e. The van der Waals surface area contributed by atoms with E-state index in [-0.39, 0.29) is 5.69 Å². The second-order valence-corrected chi connectivity index (χ2v) is 3.53. The molecular weight excluding hydrogens is 204 g/mol. The highest BCUT2D eigenvalue weighted by atomic mass is 16.6. The molecule has 4 heteroatoms. The Kier molecular flexibility index (Phi) is 2.64. The fraction of sp³-hybridized carbons (Fsp3) is 0.0833. The maximum atomic E-state index is 10.5. The third-order valence-corrected chi connectivity index (χ3v) is 2.27. The molecule has 0 aliphatic rings. The maximum absolute atomic E-state index is 10.5. The molecule has 2 aromatic rings. The Balaban J connectivity index is 2.38. The normalized spacial score (nSPS) is 10.1. The first-order valence-corrected chi connectivity index (χ1v) is 4.84. The van der Waals surface area contributed by atoms with Gasteiger partial charge in [-0.3, -0.25) is 10.1 Å².